The number of thiazole rings is 1. The number of ether oxygens (including phenoxy) is 1. The molecule has 0 atom stereocenters. The van der Waals surface area contributed by atoms with Gasteiger partial charge in [-0.25, -0.2) is 4.98 Å². The molecule has 0 bridgehead atoms. The van der Waals surface area contributed by atoms with Crippen LogP contribution < -0.4 is 5.32 Å². The molecule has 0 aliphatic carbocycles. The number of nitrogens with zero attached hydrogens (tertiary/aromatic N) is 1. The van der Waals surface area contributed by atoms with E-state index in [0.29, 0.717) is 19.1 Å². The third kappa shape index (κ3) is 4.91. The molecule has 0 aromatic carbocycles. The number of rotatable bonds is 7. The van der Waals surface area contributed by atoms with Crippen LogP contribution in [0.1, 0.15) is 10.7 Å². The van der Waals surface area contributed by atoms with Crippen molar-refractivity contribution in [3.05, 3.63) is 16.1 Å². The molecule has 0 aliphatic heterocycles. The summed E-state index contributed by atoms with van der Waals surface area (Å²) >= 11 is 7.14. The van der Waals surface area contributed by atoms with Crippen LogP contribution in [0.5, 0.6) is 0 Å². The van der Waals surface area contributed by atoms with Crippen molar-refractivity contribution in [3.8, 4) is 0 Å². The number of hydrogen-bond donors (Lipinski definition) is 1. The smallest absolute Gasteiger partial charge is 0.0897 e. The fourth-order valence-corrected chi connectivity index (χ4v) is 1.73. The van der Waals surface area contributed by atoms with Crippen molar-refractivity contribution in [2.45, 2.75) is 13.5 Å². The Morgan fingerprint density at radius 2 is 2.43 bits per heavy atom. The molecule has 1 N–H and O–H groups in total. The Balaban J connectivity index is 1.99. The molecule has 5 heteroatoms. The SMILES string of the molecule is Cc1nc(CNCCOCCCl)cs1. The van der Waals surface area contributed by atoms with Gasteiger partial charge in [-0.1, -0.05) is 0 Å². The quantitative estimate of drug-likeness (QED) is 0.577. The summed E-state index contributed by atoms with van der Waals surface area (Å²) in [7, 11) is 0. The van der Waals surface area contributed by atoms with E-state index in [4.69, 9.17) is 16.3 Å². The predicted molar refractivity (Wildman–Crippen MR) is 60.1 cm³/mol. The van der Waals surface area contributed by atoms with Crippen molar-refractivity contribution < 1.29 is 4.74 Å². The van der Waals surface area contributed by atoms with E-state index in [9.17, 15) is 0 Å². The second-order valence-corrected chi connectivity index (χ2v) is 4.28. The molecule has 0 spiro atoms. The van der Waals surface area contributed by atoms with Gasteiger partial charge >= 0.3 is 0 Å². The van der Waals surface area contributed by atoms with E-state index in [1.54, 1.807) is 11.3 Å². The van der Waals surface area contributed by atoms with Gasteiger partial charge in [-0.05, 0) is 6.92 Å². The van der Waals surface area contributed by atoms with Crippen molar-refractivity contribution in [1.82, 2.24) is 10.3 Å². The third-order valence-corrected chi connectivity index (χ3v) is 2.59. The highest BCUT2D eigenvalue weighted by atomic mass is 35.5. The summed E-state index contributed by atoms with van der Waals surface area (Å²) in [5.74, 6) is 0.561. The Hall–Kier alpha value is -0.160. The van der Waals surface area contributed by atoms with Crippen LogP contribution in [-0.4, -0.2) is 30.6 Å². The van der Waals surface area contributed by atoms with Gasteiger partial charge in [0, 0.05) is 24.3 Å². The number of hydrogen-bond acceptors (Lipinski definition) is 4. The minimum atomic E-state index is 0.561. The van der Waals surface area contributed by atoms with Gasteiger partial charge < -0.3 is 10.1 Å². The zero-order valence-corrected chi connectivity index (χ0v) is 9.83. The molecule has 0 fully saturated rings. The van der Waals surface area contributed by atoms with E-state index in [0.717, 1.165) is 23.8 Å². The highest BCUT2D eigenvalue weighted by Crippen LogP contribution is 2.06. The molecule has 1 aromatic heterocycles. The third-order valence-electron chi connectivity index (χ3n) is 1.62. The summed E-state index contributed by atoms with van der Waals surface area (Å²) in [6.45, 7) is 4.99. The van der Waals surface area contributed by atoms with Crippen LogP contribution in [0, 0.1) is 6.92 Å². The Kier molecular flexibility index (Phi) is 6.10. The van der Waals surface area contributed by atoms with Gasteiger partial charge in [0.2, 0.25) is 0 Å². The number of nitrogens with one attached hydrogen (secondary N) is 1. The average Bonchev–Trinajstić information content (AvgIpc) is 2.58. The largest absolute Gasteiger partial charge is 0.379 e. The molecular weight excluding hydrogens is 220 g/mol. The number of aryl methyl sites for hydroxylation is 1. The first-order chi connectivity index (χ1) is 6.83. The zero-order chi connectivity index (χ0) is 10.2. The molecule has 0 saturated heterocycles. The van der Waals surface area contributed by atoms with Gasteiger partial charge in [-0.3, -0.25) is 0 Å². The van der Waals surface area contributed by atoms with E-state index in [2.05, 4.69) is 15.7 Å². The lowest BCUT2D eigenvalue weighted by molar-refractivity contribution is 0.151. The van der Waals surface area contributed by atoms with Crippen molar-refractivity contribution in [2.75, 3.05) is 25.6 Å². The molecule has 80 valence electrons. The van der Waals surface area contributed by atoms with Crippen LogP contribution in [0.25, 0.3) is 0 Å². The Morgan fingerprint density at radius 3 is 3.07 bits per heavy atom. The number of alkyl halides is 1. The maximum atomic E-state index is 5.46. The first kappa shape index (κ1) is 11.9. The lowest BCUT2D eigenvalue weighted by Crippen LogP contribution is -2.19. The van der Waals surface area contributed by atoms with E-state index >= 15 is 0 Å². The van der Waals surface area contributed by atoms with Crippen LogP contribution in [0.2, 0.25) is 0 Å². The highest BCUT2D eigenvalue weighted by molar-refractivity contribution is 7.09. The molecule has 0 unspecified atom stereocenters. The van der Waals surface area contributed by atoms with Gasteiger partial charge in [0.25, 0.3) is 0 Å². The lowest BCUT2D eigenvalue weighted by atomic mass is 10.5. The van der Waals surface area contributed by atoms with Crippen molar-refractivity contribution in [1.29, 1.82) is 0 Å². The molecule has 3 nitrogen and oxygen atoms in total. The summed E-state index contributed by atoms with van der Waals surface area (Å²) in [5.41, 5.74) is 1.10. The Labute approximate surface area is 93.4 Å². The van der Waals surface area contributed by atoms with Crippen LogP contribution in [0.15, 0.2) is 5.38 Å². The summed E-state index contributed by atoms with van der Waals surface area (Å²) in [6, 6.07) is 0. The second-order valence-electron chi connectivity index (χ2n) is 2.84. The number of aromatic nitrogens is 1. The van der Waals surface area contributed by atoms with Crippen LogP contribution in [0.4, 0.5) is 0 Å². The zero-order valence-electron chi connectivity index (χ0n) is 8.25. The second kappa shape index (κ2) is 7.17. The van der Waals surface area contributed by atoms with Crippen LogP contribution in [-0.2, 0) is 11.3 Å². The molecule has 0 saturated carbocycles. The summed E-state index contributed by atoms with van der Waals surface area (Å²) in [5, 5.41) is 6.43. The normalized spacial score (nSPS) is 10.7. The molecule has 0 aliphatic rings. The predicted octanol–water partition coefficient (Wildman–Crippen LogP) is 1.80. The number of halogens is 1. The maximum Gasteiger partial charge on any atom is 0.0897 e. The van der Waals surface area contributed by atoms with Gasteiger partial charge in [-0.15, -0.1) is 22.9 Å². The first-order valence-corrected chi connectivity index (χ1v) is 6.00. The van der Waals surface area contributed by atoms with E-state index in [1.165, 1.54) is 0 Å². The topological polar surface area (TPSA) is 34.2 Å². The van der Waals surface area contributed by atoms with E-state index in [-0.39, 0.29) is 0 Å². The molecule has 0 radical (unpaired) electrons. The summed E-state index contributed by atoms with van der Waals surface area (Å²) in [4.78, 5) is 4.34. The van der Waals surface area contributed by atoms with E-state index < -0.39 is 0 Å². The maximum absolute atomic E-state index is 5.46. The van der Waals surface area contributed by atoms with Gasteiger partial charge in [0.15, 0.2) is 0 Å². The van der Waals surface area contributed by atoms with Gasteiger partial charge in [0.05, 0.1) is 23.9 Å². The van der Waals surface area contributed by atoms with E-state index in [1.807, 2.05) is 6.92 Å². The average molecular weight is 235 g/mol. The first-order valence-electron chi connectivity index (χ1n) is 4.58. The molecule has 14 heavy (non-hydrogen) atoms. The van der Waals surface area contributed by atoms with Crippen molar-refractivity contribution in [2.24, 2.45) is 0 Å². The molecule has 1 aromatic rings. The van der Waals surface area contributed by atoms with Crippen LogP contribution >= 0.6 is 22.9 Å². The fourth-order valence-electron chi connectivity index (χ4n) is 1.01. The fraction of sp³-hybridized carbons (Fsp3) is 0.667. The van der Waals surface area contributed by atoms with Gasteiger partial charge in [0.1, 0.15) is 0 Å². The molecule has 1 rings (SSSR count). The highest BCUT2D eigenvalue weighted by Gasteiger charge is 1.96. The monoisotopic (exact) mass is 234 g/mol. The van der Waals surface area contributed by atoms with Gasteiger partial charge in [-0.2, -0.15) is 0 Å². The molecule has 1 heterocycles. The summed E-state index contributed by atoms with van der Waals surface area (Å²) < 4.78 is 5.21. The Morgan fingerprint density at radius 1 is 1.57 bits per heavy atom. The van der Waals surface area contributed by atoms with Crippen molar-refractivity contribution in [3.63, 3.8) is 0 Å². The van der Waals surface area contributed by atoms with Crippen LogP contribution in [0.3, 0.4) is 0 Å². The molecular formula is C9H15ClN2OS. The Bertz CT molecular complexity index is 255. The van der Waals surface area contributed by atoms with Crippen molar-refractivity contribution >= 4 is 22.9 Å². The lowest BCUT2D eigenvalue weighted by Gasteiger charge is -2.02. The minimum Gasteiger partial charge on any atom is -0.379 e. The standard InChI is InChI=1S/C9H15ClN2OS/c1-8-12-9(7-14-8)6-11-3-5-13-4-2-10/h7,11H,2-6H2,1H3. The summed E-state index contributed by atoms with van der Waals surface area (Å²) in [6.07, 6.45) is 0. The minimum absolute atomic E-state index is 0.561. The molecule has 0 amide bonds.